The van der Waals surface area contributed by atoms with Gasteiger partial charge in [-0.25, -0.2) is 0 Å². The van der Waals surface area contributed by atoms with E-state index in [2.05, 4.69) is 53.2 Å². The van der Waals surface area contributed by atoms with E-state index >= 15 is 0 Å². The minimum absolute atomic E-state index is 0.568. The number of nitrogens with zero attached hydrogens (tertiary/aromatic N) is 5. The number of rotatable bonds is 6. The van der Waals surface area contributed by atoms with Crippen LogP contribution in [0.1, 0.15) is 58.3 Å². The highest BCUT2D eigenvalue weighted by Gasteiger charge is 2.36. The summed E-state index contributed by atoms with van der Waals surface area (Å²) in [5, 5.41) is 0. The number of hydrogen-bond acceptors (Lipinski definition) is 4. The third-order valence-electron chi connectivity index (χ3n) is 7.77. The number of likely N-dealkylation sites (tertiary alicyclic amines) is 2. The van der Waals surface area contributed by atoms with Crippen LogP contribution in [0, 0.1) is 11.8 Å². The Hall–Kier alpha value is -1.88. The van der Waals surface area contributed by atoms with Gasteiger partial charge >= 0.3 is 0 Å². The molecule has 0 spiro atoms. The lowest BCUT2D eigenvalue weighted by Crippen LogP contribution is -2.36. The smallest absolute Gasteiger partial charge is 0.137 e. The summed E-state index contributed by atoms with van der Waals surface area (Å²) in [5.41, 5.74) is 4.02. The van der Waals surface area contributed by atoms with Crippen LogP contribution in [0.3, 0.4) is 0 Å². The third kappa shape index (κ3) is 4.82. The summed E-state index contributed by atoms with van der Waals surface area (Å²) in [4.78, 5) is 16.6. The van der Waals surface area contributed by atoms with E-state index in [4.69, 9.17) is 4.99 Å². The molecule has 1 saturated carbocycles. The maximum absolute atomic E-state index is 4.93. The van der Waals surface area contributed by atoms with Gasteiger partial charge < -0.3 is 14.7 Å². The molecule has 1 atom stereocenters. The first-order valence-electron chi connectivity index (χ1n) is 12.5. The molecule has 5 nitrogen and oxygen atoms in total. The quantitative estimate of drug-likeness (QED) is 0.581. The third-order valence-corrected chi connectivity index (χ3v) is 7.77. The average Bonchev–Trinajstić information content (AvgIpc) is 3.39. The Balaban J connectivity index is 1.48. The molecule has 1 unspecified atom stereocenters. The van der Waals surface area contributed by atoms with Crippen molar-refractivity contribution in [3.8, 4) is 0 Å². The molecule has 2 saturated heterocycles. The predicted molar refractivity (Wildman–Crippen MR) is 131 cm³/mol. The molecule has 0 aromatic carbocycles. The molecule has 1 aliphatic carbocycles. The van der Waals surface area contributed by atoms with Crippen LogP contribution >= 0.6 is 0 Å². The first-order chi connectivity index (χ1) is 15.1. The van der Waals surface area contributed by atoms with Crippen LogP contribution < -0.4 is 0 Å². The molecule has 0 aromatic heterocycles. The summed E-state index contributed by atoms with van der Waals surface area (Å²) in [6.07, 6.45) is 14.6. The molecule has 0 amide bonds. The van der Waals surface area contributed by atoms with Crippen molar-refractivity contribution in [3.63, 3.8) is 0 Å². The molecule has 0 radical (unpaired) electrons. The molecule has 3 fully saturated rings. The fourth-order valence-corrected chi connectivity index (χ4v) is 5.99. The monoisotopic (exact) mass is 423 g/mol. The summed E-state index contributed by atoms with van der Waals surface area (Å²) in [6.45, 7) is 15.8. The zero-order valence-corrected chi connectivity index (χ0v) is 19.7. The van der Waals surface area contributed by atoms with Crippen LogP contribution in [0.2, 0.25) is 0 Å². The minimum Gasteiger partial charge on any atom is -0.375 e. The van der Waals surface area contributed by atoms with E-state index in [-0.39, 0.29) is 0 Å². The van der Waals surface area contributed by atoms with Gasteiger partial charge in [-0.1, -0.05) is 25.8 Å². The van der Waals surface area contributed by atoms with Crippen molar-refractivity contribution in [3.05, 3.63) is 35.8 Å². The van der Waals surface area contributed by atoms with Gasteiger partial charge in [0.1, 0.15) is 5.84 Å². The van der Waals surface area contributed by atoms with Gasteiger partial charge in [0.2, 0.25) is 0 Å². The van der Waals surface area contributed by atoms with Gasteiger partial charge in [-0.2, -0.15) is 0 Å². The Morgan fingerprint density at radius 1 is 1.10 bits per heavy atom. The van der Waals surface area contributed by atoms with Crippen LogP contribution in [-0.2, 0) is 0 Å². The van der Waals surface area contributed by atoms with Crippen molar-refractivity contribution in [2.24, 2.45) is 21.8 Å². The number of hydrogen-bond donors (Lipinski definition) is 0. The van der Waals surface area contributed by atoms with Gasteiger partial charge in [-0.3, -0.25) is 9.98 Å². The average molecular weight is 424 g/mol. The maximum atomic E-state index is 4.93. The van der Waals surface area contributed by atoms with Gasteiger partial charge in [-0.15, -0.1) is 0 Å². The highest BCUT2D eigenvalue weighted by atomic mass is 15.2. The van der Waals surface area contributed by atoms with Gasteiger partial charge in [0.25, 0.3) is 0 Å². The van der Waals surface area contributed by atoms with E-state index in [9.17, 15) is 0 Å². The summed E-state index contributed by atoms with van der Waals surface area (Å²) >= 11 is 0. The van der Waals surface area contributed by atoms with E-state index in [1.807, 2.05) is 6.20 Å². The van der Waals surface area contributed by atoms with Crippen LogP contribution in [0.25, 0.3) is 0 Å². The van der Waals surface area contributed by atoms with Crippen molar-refractivity contribution >= 4 is 12.6 Å². The highest BCUT2D eigenvalue weighted by Crippen LogP contribution is 2.39. The summed E-state index contributed by atoms with van der Waals surface area (Å²) in [7, 11) is 2.22. The number of amidine groups is 1. The lowest BCUT2D eigenvalue weighted by atomic mass is 9.85. The zero-order chi connectivity index (χ0) is 21.8. The molecular weight excluding hydrogens is 382 g/mol. The lowest BCUT2D eigenvalue weighted by molar-refractivity contribution is 0.224. The van der Waals surface area contributed by atoms with E-state index in [0.717, 1.165) is 32.0 Å². The standard InChI is InChI=1S/C26H41N5/c1-5-28-26-24(17-27-3)25(19-31(26)23-9-7-6-8-10-23)21-12-15-30(16-13-21)20(2)22-11-14-29(4)18-22/h17,19,21-23H,2-3,5-16,18H2,1,4H3/b24-17-,28-26?. The molecule has 0 bridgehead atoms. The molecule has 0 aromatic rings. The van der Waals surface area contributed by atoms with Gasteiger partial charge in [0.05, 0.1) is 0 Å². The Morgan fingerprint density at radius 3 is 2.45 bits per heavy atom. The van der Waals surface area contributed by atoms with E-state index in [0.29, 0.717) is 17.9 Å². The fourth-order valence-electron chi connectivity index (χ4n) is 5.99. The zero-order valence-electron chi connectivity index (χ0n) is 19.7. The first-order valence-corrected chi connectivity index (χ1v) is 12.5. The summed E-state index contributed by atoms with van der Waals surface area (Å²) < 4.78 is 0. The maximum Gasteiger partial charge on any atom is 0.137 e. The predicted octanol–water partition coefficient (Wildman–Crippen LogP) is 4.70. The Morgan fingerprint density at radius 2 is 1.84 bits per heavy atom. The van der Waals surface area contributed by atoms with Crippen molar-refractivity contribution < 1.29 is 0 Å². The molecule has 31 heavy (non-hydrogen) atoms. The van der Waals surface area contributed by atoms with Crippen molar-refractivity contribution in [2.75, 3.05) is 39.8 Å². The topological polar surface area (TPSA) is 34.4 Å². The molecule has 0 N–H and O–H groups in total. The number of aliphatic imine (C=N–C) groups is 2. The second kappa shape index (κ2) is 10.2. The van der Waals surface area contributed by atoms with Crippen LogP contribution in [0.15, 0.2) is 45.8 Å². The van der Waals surface area contributed by atoms with Crippen LogP contribution in [0.4, 0.5) is 0 Å². The van der Waals surface area contributed by atoms with Crippen molar-refractivity contribution in [1.29, 1.82) is 0 Å². The van der Waals surface area contributed by atoms with Gasteiger partial charge in [-0.05, 0) is 70.8 Å². The molecular formula is C26H41N5. The van der Waals surface area contributed by atoms with Crippen LogP contribution in [-0.4, -0.2) is 73.1 Å². The molecule has 5 heteroatoms. The Labute approximate surface area is 189 Å². The largest absolute Gasteiger partial charge is 0.375 e. The van der Waals surface area contributed by atoms with Gasteiger partial charge in [0.15, 0.2) is 0 Å². The van der Waals surface area contributed by atoms with E-state index in [1.54, 1.807) is 0 Å². The minimum atomic E-state index is 0.568. The molecule has 170 valence electrons. The SMILES string of the molecule is C=N/C=C1/C(C2CCN(C(=C)C3CCN(C)C3)CC2)=CN(C2CCCCC2)C1=NCC. The van der Waals surface area contributed by atoms with Gasteiger partial charge in [0, 0.05) is 61.8 Å². The van der Waals surface area contributed by atoms with E-state index < -0.39 is 0 Å². The van der Waals surface area contributed by atoms with Crippen molar-refractivity contribution in [2.45, 2.75) is 64.3 Å². The molecule has 4 aliphatic rings. The molecule has 3 heterocycles. The normalized spacial score (nSPS) is 29.2. The van der Waals surface area contributed by atoms with Crippen molar-refractivity contribution in [1.82, 2.24) is 14.7 Å². The second-order valence-electron chi connectivity index (χ2n) is 9.81. The molecule has 4 rings (SSSR count). The fraction of sp³-hybridized carbons (Fsp3) is 0.692. The first kappa shape index (κ1) is 22.3. The second-order valence-corrected chi connectivity index (χ2v) is 9.81. The summed E-state index contributed by atoms with van der Waals surface area (Å²) in [5.74, 6) is 2.34. The highest BCUT2D eigenvalue weighted by molar-refractivity contribution is 6.06. The number of piperidine rings is 1. The molecule has 3 aliphatic heterocycles. The lowest BCUT2D eigenvalue weighted by Gasteiger charge is -2.37. The Bertz CT molecular complexity index is 750. The van der Waals surface area contributed by atoms with E-state index in [1.165, 1.54) is 74.8 Å². The van der Waals surface area contributed by atoms with Crippen LogP contribution in [0.5, 0.6) is 0 Å². The Kier molecular flexibility index (Phi) is 7.31. The summed E-state index contributed by atoms with van der Waals surface area (Å²) in [6, 6.07) is 0.587.